The fourth-order valence-electron chi connectivity index (χ4n) is 4.28. The van der Waals surface area contributed by atoms with Crippen molar-refractivity contribution < 1.29 is 9.53 Å². The second kappa shape index (κ2) is 10.3. The Morgan fingerprint density at radius 1 is 1.09 bits per heavy atom. The van der Waals surface area contributed by atoms with E-state index in [2.05, 4.69) is 15.4 Å². The van der Waals surface area contributed by atoms with Crippen LogP contribution < -0.4 is 21.3 Å². The van der Waals surface area contributed by atoms with Gasteiger partial charge in [0, 0.05) is 18.0 Å². The lowest BCUT2D eigenvalue weighted by atomic mass is 9.95. The number of aromatic amines is 1. The van der Waals surface area contributed by atoms with Crippen molar-refractivity contribution in [3.8, 4) is 17.0 Å². The van der Waals surface area contributed by atoms with Gasteiger partial charge < -0.3 is 10.1 Å². The molecule has 0 aliphatic heterocycles. The van der Waals surface area contributed by atoms with Gasteiger partial charge in [0.15, 0.2) is 0 Å². The first-order chi connectivity index (χ1) is 16.0. The van der Waals surface area contributed by atoms with Gasteiger partial charge >= 0.3 is 5.69 Å². The third-order valence-corrected chi connectivity index (χ3v) is 6.05. The summed E-state index contributed by atoms with van der Waals surface area (Å²) >= 11 is 0. The molecule has 1 heterocycles. The van der Waals surface area contributed by atoms with E-state index in [1.54, 1.807) is 31.4 Å². The van der Waals surface area contributed by atoms with E-state index >= 15 is 0 Å². The number of aromatic nitrogens is 3. The highest BCUT2D eigenvalue weighted by molar-refractivity contribution is 5.81. The van der Waals surface area contributed by atoms with Crippen molar-refractivity contribution in [2.45, 2.75) is 50.6 Å². The zero-order valence-corrected chi connectivity index (χ0v) is 18.6. The largest absolute Gasteiger partial charge is 0.497 e. The Kier molecular flexibility index (Phi) is 7.02. The van der Waals surface area contributed by atoms with Crippen molar-refractivity contribution >= 4 is 5.91 Å². The lowest BCUT2D eigenvalue weighted by Crippen LogP contribution is -2.46. The number of nitrogens with one attached hydrogen (secondary N) is 2. The number of amides is 1. The van der Waals surface area contributed by atoms with Gasteiger partial charge in [-0.3, -0.25) is 9.59 Å². The quantitative estimate of drug-likeness (QED) is 0.578. The van der Waals surface area contributed by atoms with Gasteiger partial charge in [-0.2, -0.15) is 4.98 Å². The minimum Gasteiger partial charge on any atom is -0.497 e. The molecule has 8 nitrogen and oxygen atoms in total. The van der Waals surface area contributed by atoms with E-state index in [1.807, 2.05) is 30.3 Å². The molecule has 1 amide bonds. The summed E-state index contributed by atoms with van der Waals surface area (Å²) < 4.78 is 6.29. The first kappa shape index (κ1) is 22.5. The highest BCUT2D eigenvalue weighted by Gasteiger charge is 2.27. The minimum absolute atomic E-state index is 0.00932. The van der Waals surface area contributed by atoms with Crippen molar-refractivity contribution in [2.24, 2.45) is 0 Å². The first-order valence-corrected chi connectivity index (χ1v) is 11.3. The smallest absolute Gasteiger partial charge is 0.360 e. The molecular formula is C25H28N4O4. The lowest BCUT2D eigenvalue weighted by Gasteiger charge is -2.26. The maximum atomic E-state index is 13.4. The number of hydrogen-bond donors (Lipinski definition) is 2. The van der Waals surface area contributed by atoms with Crippen LogP contribution in [0, 0.1) is 0 Å². The van der Waals surface area contributed by atoms with Crippen LogP contribution in [0.2, 0.25) is 0 Å². The molecule has 1 aromatic heterocycles. The van der Waals surface area contributed by atoms with Crippen LogP contribution >= 0.6 is 0 Å². The summed E-state index contributed by atoms with van der Waals surface area (Å²) in [5.41, 5.74) is 0.136. The van der Waals surface area contributed by atoms with Crippen molar-refractivity contribution in [3.05, 3.63) is 81.0 Å². The van der Waals surface area contributed by atoms with E-state index in [0.717, 1.165) is 35.9 Å². The number of ether oxygens (including phenoxy) is 1. The zero-order valence-electron chi connectivity index (χ0n) is 18.6. The Balaban J connectivity index is 1.73. The third-order valence-electron chi connectivity index (χ3n) is 6.05. The molecule has 3 aromatic rings. The first-order valence-electron chi connectivity index (χ1n) is 11.3. The van der Waals surface area contributed by atoms with E-state index in [9.17, 15) is 14.4 Å². The number of benzene rings is 2. The topological polar surface area (TPSA) is 106 Å². The highest BCUT2D eigenvalue weighted by atomic mass is 16.5. The maximum absolute atomic E-state index is 13.4. The number of hydrogen-bond acceptors (Lipinski definition) is 5. The molecule has 2 N–H and O–H groups in total. The van der Waals surface area contributed by atoms with Crippen LogP contribution in [0.15, 0.2) is 64.2 Å². The van der Waals surface area contributed by atoms with Gasteiger partial charge in [0.25, 0.3) is 5.56 Å². The normalized spacial score (nSPS) is 15.1. The van der Waals surface area contributed by atoms with E-state index in [-0.39, 0.29) is 24.1 Å². The van der Waals surface area contributed by atoms with Crippen LogP contribution in [-0.4, -0.2) is 33.8 Å². The summed E-state index contributed by atoms with van der Waals surface area (Å²) in [4.78, 5) is 43.2. The van der Waals surface area contributed by atoms with Gasteiger partial charge in [0.1, 0.15) is 17.5 Å². The summed E-state index contributed by atoms with van der Waals surface area (Å²) in [5.74, 6) is 0.341. The van der Waals surface area contributed by atoms with Gasteiger partial charge in [0.2, 0.25) is 5.91 Å². The van der Waals surface area contributed by atoms with Gasteiger partial charge in [0.05, 0.1) is 7.11 Å². The Bertz CT molecular complexity index is 1200. The number of H-pyrrole nitrogens is 1. The molecule has 1 aliphatic rings. The predicted molar refractivity (Wildman–Crippen MR) is 125 cm³/mol. The number of rotatable bonds is 7. The van der Waals surface area contributed by atoms with E-state index < -0.39 is 17.3 Å². The molecule has 0 saturated heterocycles. The van der Waals surface area contributed by atoms with Crippen molar-refractivity contribution in [3.63, 3.8) is 0 Å². The SMILES string of the molecule is COc1ccc(-c2nc(=O)[nH]n(C(Cc3ccccc3)C(=O)NC3CCCCC3)c2=O)cc1. The Hall–Kier alpha value is -3.68. The van der Waals surface area contributed by atoms with Crippen molar-refractivity contribution in [1.82, 2.24) is 20.1 Å². The van der Waals surface area contributed by atoms with Crippen LogP contribution in [0.25, 0.3) is 11.3 Å². The molecule has 1 saturated carbocycles. The van der Waals surface area contributed by atoms with Crippen LogP contribution in [-0.2, 0) is 11.2 Å². The fraction of sp³-hybridized carbons (Fsp3) is 0.360. The molecule has 0 bridgehead atoms. The molecule has 4 rings (SSSR count). The second-order valence-corrected chi connectivity index (χ2v) is 8.33. The van der Waals surface area contributed by atoms with Crippen molar-refractivity contribution in [1.29, 1.82) is 0 Å². The van der Waals surface area contributed by atoms with Crippen molar-refractivity contribution in [2.75, 3.05) is 7.11 Å². The molecule has 1 unspecified atom stereocenters. The molecule has 2 aromatic carbocycles. The van der Waals surface area contributed by atoms with Gasteiger partial charge in [-0.05, 0) is 42.7 Å². The highest BCUT2D eigenvalue weighted by Crippen LogP contribution is 2.21. The van der Waals surface area contributed by atoms with Gasteiger partial charge in [-0.25, -0.2) is 14.6 Å². The standard InChI is InChI=1S/C25H28N4O4/c1-33-20-14-12-18(13-15-20)22-24(31)29(28-25(32)27-22)21(16-17-8-4-2-5-9-17)23(30)26-19-10-6-3-7-11-19/h2,4-5,8-9,12-15,19,21H,3,6-7,10-11,16H2,1H3,(H,26,30)(H,28,32). The molecule has 33 heavy (non-hydrogen) atoms. The van der Waals surface area contributed by atoms with Crippen LogP contribution in [0.1, 0.15) is 43.7 Å². The average molecular weight is 449 g/mol. The summed E-state index contributed by atoms with van der Waals surface area (Å²) in [6.45, 7) is 0. The summed E-state index contributed by atoms with van der Waals surface area (Å²) in [6, 6.07) is 15.3. The average Bonchev–Trinajstić information content (AvgIpc) is 2.85. The molecule has 1 fully saturated rings. The van der Waals surface area contributed by atoms with Gasteiger partial charge in [-0.1, -0.05) is 49.6 Å². The van der Waals surface area contributed by atoms with E-state index in [0.29, 0.717) is 11.3 Å². The third kappa shape index (κ3) is 5.39. The maximum Gasteiger partial charge on any atom is 0.360 e. The van der Waals surface area contributed by atoms with Gasteiger partial charge in [-0.15, -0.1) is 0 Å². The minimum atomic E-state index is -0.908. The molecule has 0 radical (unpaired) electrons. The zero-order chi connectivity index (χ0) is 23.2. The van der Waals surface area contributed by atoms with Crippen LogP contribution in [0.4, 0.5) is 0 Å². The summed E-state index contributed by atoms with van der Waals surface area (Å²) in [6.07, 6.45) is 5.42. The molecule has 1 atom stereocenters. The number of carbonyl (C=O) groups is 1. The molecule has 8 heteroatoms. The van der Waals surface area contributed by atoms with Crippen LogP contribution in [0.3, 0.4) is 0 Å². The molecule has 0 spiro atoms. The fourth-order valence-corrected chi connectivity index (χ4v) is 4.28. The number of carbonyl (C=O) groups excluding carboxylic acids is 1. The van der Waals surface area contributed by atoms with E-state index in [4.69, 9.17) is 4.74 Å². The summed E-state index contributed by atoms with van der Waals surface area (Å²) in [5, 5.41) is 5.60. The molecule has 1 aliphatic carbocycles. The number of methoxy groups -OCH3 is 1. The number of nitrogens with zero attached hydrogens (tertiary/aromatic N) is 2. The Labute approximate surface area is 191 Å². The summed E-state index contributed by atoms with van der Waals surface area (Å²) in [7, 11) is 1.55. The Morgan fingerprint density at radius 3 is 2.45 bits per heavy atom. The van der Waals surface area contributed by atoms with E-state index in [1.165, 1.54) is 6.42 Å². The second-order valence-electron chi connectivity index (χ2n) is 8.33. The monoisotopic (exact) mass is 448 g/mol. The molecular weight excluding hydrogens is 420 g/mol. The predicted octanol–water partition coefficient (Wildman–Crippen LogP) is 2.84. The molecule has 172 valence electrons. The Morgan fingerprint density at radius 2 is 1.79 bits per heavy atom. The lowest BCUT2D eigenvalue weighted by molar-refractivity contribution is -0.125. The van der Waals surface area contributed by atoms with Crippen LogP contribution in [0.5, 0.6) is 5.75 Å².